The minimum Gasteiger partial charge on any atom is -0.466 e. The van der Waals surface area contributed by atoms with E-state index in [-0.39, 0.29) is 28.3 Å². The van der Waals surface area contributed by atoms with Gasteiger partial charge in [-0.2, -0.15) is 0 Å². The lowest BCUT2D eigenvalue weighted by Gasteiger charge is -2.55. The SMILES string of the molecule is CCOC(=O)[C@H](CN)[C@]1(N(C)C)C[C@H]2CC[C@@]1(C)C2(C)C. The van der Waals surface area contributed by atoms with Gasteiger partial charge in [0.25, 0.3) is 0 Å². The summed E-state index contributed by atoms with van der Waals surface area (Å²) in [6.07, 6.45) is 3.47. The van der Waals surface area contributed by atoms with E-state index in [1.54, 1.807) is 0 Å². The summed E-state index contributed by atoms with van der Waals surface area (Å²) >= 11 is 0. The molecular formula is C17H32N2O2. The van der Waals surface area contributed by atoms with Gasteiger partial charge in [-0.25, -0.2) is 0 Å². The second-order valence-electron chi connectivity index (χ2n) is 7.85. The molecule has 21 heavy (non-hydrogen) atoms. The Morgan fingerprint density at radius 2 is 2.00 bits per heavy atom. The monoisotopic (exact) mass is 296 g/mol. The number of nitrogens with zero attached hydrogens (tertiary/aromatic N) is 1. The first kappa shape index (κ1) is 16.8. The number of fused-ring (bicyclic) bond motifs is 2. The number of hydrogen-bond acceptors (Lipinski definition) is 4. The summed E-state index contributed by atoms with van der Waals surface area (Å²) in [6.45, 7) is 9.74. The molecule has 2 aliphatic carbocycles. The van der Waals surface area contributed by atoms with Crippen LogP contribution in [0.2, 0.25) is 0 Å². The zero-order valence-corrected chi connectivity index (χ0v) is 14.5. The normalized spacial score (nSPS) is 38.8. The summed E-state index contributed by atoms with van der Waals surface area (Å²) in [5.74, 6) is 0.286. The Hall–Kier alpha value is -0.610. The summed E-state index contributed by atoms with van der Waals surface area (Å²) < 4.78 is 5.36. The van der Waals surface area contributed by atoms with Crippen molar-refractivity contribution in [2.24, 2.45) is 28.4 Å². The first-order valence-electron chi connectivity index (χ1n) is 8.23. The van der Waals surface area contributed by atoms with Crippen LogP contribution >= 0.6 is 0 Å². The quantitative estimate of drug-likeness (QED) is 0.791. The van der Waals surface area contributed by atoms with E-state index in [2.05, 4.69) is 39.8 Å². The predicted octanol–water partition coefficient (Wildman–Crippen LogP) is 2.27. The zero-order chi connectivity index (χ0) is 16.1. The number of rotatable bonds is 5. The molecular weight excluding hydrogens is 264 g/mol. The van der Waals surface area contributed by atoms with Gasteiger partial charge in [-0.15, -0.1) is 0 Å². The molecule has 0 unspecified atom stereocenters. The van der Waals surface area contributed by atoms with E-state index in [1.165, 1.54) is 12.8 Å². The molecule has 2 fully saturated rings. The van der Waals surface area contributed by atoms with Gasteiger partial charge in [-0.05, 0) is 57.0 Å². The number of ether oxygens (including phenoxy) is 1. The van der Waals surface area contributed by atoms with Crippen LogP contribution < -0.4 is 5.73 Å². The van der Waals surface area contributed by atoms with E-state index < -0.39 is 0 Å². The van der Waals surface area contributed by atoms with Crippen LogP contribution in [0.25, 0.3) is 0 Å². The second kappa shape index (κ2) is 5.24. The number of carbonyl (C=O) groups excluding carboxylic acids is 1. The molecule has 0 amide bonds. The van der Waals surface area contributed by atoms with Crippen LogP contribution in [0.3, 0.4) is 0 Å². The minimum atomic E-state index is -0.248. The molecule has 0 heterocycles. The third kappa shape index (κ3) is 1.91. The molecule has 0 aromatic carbocycles. The number of esters is 1. The van der Waals surface area contributed by atoms with Crippen LogP contribution in [0.15, 0.2) is 0 Å². The van der Waals surface area contributed by atoms with Crippen molar-refractivity contribution in [2.45, 2.75) is 52.5 Å². The Bertz CT molecular complexity index is 421. The lowest BCUT2D eigenvalue weighted by Crippen LogP contribution is -2.64. The molecule has 2 N–H and O–H groups in total. The fourth-order valence-electron chi connectivity index (χ4n) is 5.57. The van der Waals surface area contributed by atoms with Crippen LogP contribution in [0.5, 0.6) is 0 Å². The molecule has 0 spiro atoms. The Morgan fingerprint density at radius 1 is 1.38 bits per heavy atom. The molecule has 4 atom stereocenters. The maximum absolute atomic E-state index is 12.6. The number of carbonyl (C=O) groups is 1. The average molecular weight is 296 g/mol. The van der Waals surface area contributed by atoms with E-state index in [1.807, 2.05) is 6.92 Å². The summed E-state index contributed by atoms with van der Waals surface area (Å²) in [5, 5.41) is 0. The highest BCUT2D eigenvalue weighted by atomic mass is 16.5. The van der Waals surface area contributed by atoms with Crippen LogP contribution in [0.4, 0.5) is 0 Å². The highest BCUT2D eigenvalue weighted by Gasteiger charge is 2.72. The van der Waals surface area contributed by atoms with Crippen molar-refractivity contribution in [3.63, 3.8) is 0 Å². The van der Waals surface area contributed by atoms with Gasteiger partial charge in [-0.1, -0.05) is 20.8 Å². The van der Waals surface area contributed by atoms with Gasteiger partial charge >= 0.3 is 5.97 Å². The van der Waals surface area contributed by atoms with Crippen LogP contribution in [0, 0.1) is 22.7 Å². The molecule has 0 aliphatic heterocycles. The second-order valence-corrected chi connectivity index (χ2v) is 7.85. The van der Waals surface area contributed by atoms with Gasteiger partial charge in [0.1, 0.15) is 0 Å². The van der Waals surface area contributed by atoms with Crippen molar-refractivity contribution < 1.29 is 9.53 Å². The van der Waals surface area contributed by atoms with Gasteiger partial charge in [-0.3, -0.25) is 4.79 Å². The van der Waals surface area contributed by atoms with Gasteiger partial charge in [0.15, 0.2) is 0 Å². The summed E-state index contributed by atoms with van der Waals surface area (Å²) in [5.41, 5.74) is 6.19. The van der Waals surface area contributed by atoms with Crippen LogP contribution in [0.1, 0.15) is 47.0 Å². The maximum Gasteiger partial charge on any atom is 0.312 e. The van der Waals surface area contributed by atoms with Crippen molar-refractivity contribution >= 4 is 5.97 Å². The fourth-order valence-corrected chi connectivity index (χ4v) is 5.57. The van der Waals surface area contributed by atoms with Crippen LogP contribution in [-0.4, -0.2) is 43.7 Å². The molecule has 122 valence electrons. The highest BCUT2D eigenvalue weighted by Crippen LogP contribution is 2.72. The Labute approximate surface area is 129 Å². The van der Waals surface area contributed by atoms with E-state index in [0.717, 1.165) is 6.42 Å². The van der Waals surface area contributed by atoms with E-state index >= 15 is 0 Å². The molecule has 0 aromatic heterocycles. The Morgan fingerprint density at radius 3 is 2.33 bits per heavy atom. The van der Waals surface area contributed by atoms with Crippen molar-refractivity contribution in [1.82, 2.24) is 4.90 Å². The summed E-state index contributed by atoms with van der Waals surface area (Å²) in [7, 11) is 4.20. The van der Waals surface area contributed by atoms with Crippen molar-refractivity contribution in [1.29, 1.82) is 0 Å². The van der Waals surface area contributed by atoms with Gasteiger partial charge in [0.2, 0.25) is 0 Å². The molecule has 2 aliphatic rings. The molecule has 0 aromatic rings. The molecule has 4 heteroatoms. The lowest BCUT2D eigenvalue weighted by atomic mass is 9.58. The molecule has 2 rings (SSSR count). The average Bonchev–Trinajstić information content (AvgIpc) is 2.71. The third-order valence-electron chi connectivity index (χ3n) is 7.13. The predicted molar refractivity (Wildman–Crippen MR) is 84.8 cm³/mol. The van der Waals surface area contributed by atoms with Crippen molar-refractivity contribution in [2.75, 3.05) is 27.2 Å². The Kier molecular flexibility index (Phi) is 4.18. The van der Waals surface area contributed by atoms with E-state index in [0.29, 0.717) is 19.1 Å². The van der Waals surface area contributed by atoms with Gasteiger partial charge in [0.05, 0.1) is 12.5 Å². The molecule has 0 radical (unpaired) electrons. The molecule has 2 saturated carbocycles. The molecule has 2 bridgehead atoms. The molecule has 4 nitrogen and oxygen atoms in total. The largest absolute Gasteiger partial charge is 0.466 e. The lowest BCUT2D eigenvalue weighted by molar-refractivity contribution is -0.160. The highest BCUT2D eigenvalue weighted by molar-refractivity contribution is 5.75. The minimum absolute atomic E-state index is 0.0883. The topological polar surface area (TPSA) is 55.6 Å². The van der Waals surface area contributed by atoms with E-state index in [4.69, 9.17) is 10.5 Å². The fraction of sp³-hybridized carbons (Fsp3) is 0.941. The summed E-state index contributed by atoms with van der Waals surface area (Å²) in [6, 6.07) is 0. The maximum atomic E-state index is 12.6. The molecule has 0 saturated heterocycles. The third-order valence-corrected chi connectivity index (χ3v) is 7.13. The zero-order valence-electron chi connectivity index (χ0n) is 14.5. The standard InChI is InChI=1S/C17H32N2O2/c1-7-21-14(20)13(11-18)17(19(5)6)10-12-8-9-16(17,4)15(12,2)3/h12-13H,7-11,18H2,1-6H3/t12-,13+,16+,17-/m1/s1. The van der Waals surface area contributed by atoms with Crippen molar-refractivity contribution in [3.8, 4) is 0 Å². The van der Waals surface area contributed by atoms with E-state index in [9.17, 15) is 4.79 Å². The number of hydrogen-bond donors (Lipinski definition) is 1. The Balaban J connectivity index is 2.51. The van der Waals surface area contributed by atoms with Gasteiger partial charge < -0.3 is 15.4 Å². The van der Waals surface area contributed by atoms with Gasteiger partial charge in [0, 0.05) is 12.1 Å². The van der Waals surface area contributed by atoms with Crippen LogP contribution in [-0.2, 0) is 9.53 Å². The first-order valence-corrected chi connectivity index (χ1v) is 8.23. The van der Waals surface area contributed by atoms with Crippen molar-refractivity contribution in [3.05, 3.63) is 0 Å². The number of nitrogens with two attached hydrogens (primary N) is 1. The summed E-state index contributed by atoms with van der Waals surface area (Å²) in [4.78, 5) is 14.8. The smallest absolute Gasteiger partial charge is 0.312 e. The first-order chi connectivity index (χ1) is 9.69.